The number of aryl methyl sites for hydroxylation is 1. The number of amides is 1. The van der Waals surface area contributed by atoms with Crippen LogP contribution in [0, 0.1) is 11.3 Å². The van der Waals surface area contributed by atoms with E-state index in [4.69, 9.17) is 5.26 Å². The third kappa shape index (κ3) is 4.18. The molecule has 1 aliphatic carbocycles. The van der Waals surface area contributed by atoms with Crippen LogP contribution in [-0.2, 0) is 17.0 Å². The number of nitriles is 1. The molecule has 1 atom stereocenters. The van der Waals surface area contributed by atoms with E-state index in [1.165, 1.54) is 11.1 Å². The maximum absolute atomic E-state index is 12.2. The Labute approximate surface area is 147 Å². The highest BCUT2D eigenvalue weighted by molar-refractivity contribution is 7.99. The minimum atomic E-state index is 0.0929. The maximum Gasteiger partial charge on any atom is 0.230 e. The predicted octanol–water partition coefficient (Wildman–Crippen LogP) is 3.99. The first kappa shape index (κ1) is 16.6. The molecule has 3 rings (SSSR count). The first-order chi connectivity index (χ1) is 11.8. The largest absolute Gasteiger partial charge is 0.349 e. The van der Waals surface area contributed by atoms with Crippen LogP contribution in [0.4, 0.5) is 0 Å². The molecule has 0 saturated heterocycles. The second-order valence-corrected chi connectivity index (χ2v) is 7.00. The number of thioether (sulfide) groups is 1. The molecule has 0 bridgehead atoms. The SMILES string of the molecule is N#Cc1ccc(CSCC(=O)NC2CCCc3ccccc32)cc1. The van der Waals surface area contributed by atoms with Crippen LogP contribution in [0.3, 0.4) is 0 Å². The Morgan fingerprint density at radius 3 is 2.79 bits per heavy atom. The number of fused-ring (bicyclic) bond motifs is 1. The Balaban J connectivity index is 1.49. The predicted molar refractivity (Wildman–Crippen MR) is 97.6 cm³/mol. The van der Waals surface area contributed by atoms with Gasteiger partial charge in [-0.1, -0.05) is 36.4 Å². The van der Waals surface area contributed by atoms with Crippen molar-refractivity contribution in [1.29, 1.82) is 5.26 Å². The molecule has 122 valence electrons. The van der Waals surface area contributed by atoms with Crippen molar-refractivity contribution in [3.05, 3.63) is 70.8 Å². The van der Waals surface area contributed by atoms with E-state index in [1.807, 2.05) is 30.3 Å². The summed E-state index contributed by atoms with van der Waals surface area (Å²) in [5.74, 6) is 1.33. The number of nitrogens with one attached hydrogen (secondary N) is 1. The monoisotopic (exact) mass is 336 g/mol. The highest BCUT2D eigenvalue weighted by Gasteiger charge is 2.21. The molecule has 0 saturated carbocycles. The van der Waals surface area contributed by atoms with Crippen LogP contribution < -0.4 is 5.32 Å². The van der Waals surface area contributed by atoms with E-state index in [9.17, 15) is 4.79 Å². The molecule has 2 aromatic rings. The topological polar surface area (TPSA) is 52.9 Å². The zero-order valence-corrected chi connectivity index (χ0v) is 14.3. The van der Waals surface area contributed by atoms with Gasteiger partial charge in [0.05, 0.1) is 23.4 Å². The second kappa shape index (κ2) is 8.03. The van der Waals surface area contributed by atoms with E-state index in [-0.39, 0.29) is 11.9 Å². The fraction of sp³-hybridized carbons (Fsp3) is 0.300. The first-order valence-corrected chi connectivity index (χ1v) is 9.35. The van der Waals surface area contributed by atoms with Crippen LogP contribution in [0.25, 0.3) is 0 Å². The van der Waals surface area contributed by atoms with Gasteiger partial charge >= 0.3 is 0 Å². The maximum atomic E-state index is 12.2. The highest BCUT2D eigenvalue weighted by atomic mass is 32.2. The number of carbonyl (C=O) groups excluding carboxylic acids is 1. The Bertz CT molecular complexity index is 749. The lowest BCUT2D eigenvalue weighted by Gasteiger charge is -2.26. The van der Waals surface area contributed by atoms with Gasteiger partial charge in [0.15, 0.2) is 0 Å². The number of carbonyl (C=O) groups is 1. The third-order valence-corrected chi connectivity index (χ3v) is 5.29. The van der Waals surface area contributed by atoms with Crippen molar-refractivity contribution in [2.24, 2.45) is 0 Å². The summed E-state index contributed by atoms with van der Waals surface area (Å²) in [5, 5.41) is 12.0. The third-order valence-electron chi connectivity index (χ3n) is 4.29. The molecule has 1 N–H and O–H groups in total. The van der Waals surface area contributed by atoms with Crippen molar-refractivity contribution in [1.82, 2.24) is 5.32 Å². The van der Waals surface area contributed by atoms with Crippen molar-refractivity contribution in [2.45, 2.75) is 31.1 Å². The van der Waals surface area contributed by atoms with E-state index >= 15 is 0 Å². The Morgan fingerprint density at radius 2 is 2.00 bits per heavy atom. The average molecular weight is 336 g/mol. The molecule has 1 amide bonds. The minimum Gasteiger partial charge on any atom is -0.349 e. The van der Waals surface area contributed by atoms with Crippen molar-refractivity contribution >= 4 is 17.7 Å². The van der Waals surface area contributed by atoms with Gasteiger partial charge in [-0.2, -0.15) is 5.26 Å². The van der Waals surface area contributed by atoms with Crippen molar-refractivity contribution in [3.63, 3.8) is 0 Å². The van der Waals surface area contributed by atoms with Crippen LogP contribution in [-0.4, -0.2) is 11.7 Å². The molecule has 0 heterocycles. The zero-order valence-electron chi connectivity index (χ0n) is 13.5. The summed E-state index contributed by atoms with van der Waals surface area (Å²) >= 11 is 1.60. The molecule has 2 aromatic carbocycles. The number of nitrogens with zero attached hydrogens (tertiary/aromatic N) is 1. The molecule has 0 aliphatic heterocycles. The highest BCUT2D eigenvalue weighted by Crippen LogP contribution is 2.29. The Hall–Kier alpha value is -2.25. The molecule has 4 heteroatoms. The minimum absolute atomic E-state index is 0.0929. The first-order valence-electron chi connectivity index (χ1n) is 8.20. The van der Waals surface area contributed by atoms with Crippen molar-refractivity contribution in [2.75, 3.05) is 5.75 Å². The molecule has 0 aromatic heterocycles. The van der Waals surface area contributed by atoms with Crippen LogP contribution in [0.1, 0.15) is 41.1 Å². The summed E-state index contributed by atoms with van der Waals surface area (Å²) in [6, 6.07) is 18.2. The Morgan fingerprint density at radius 1 is 1.21 bits per heavy atom. The van der Waals surface area contributed by atoms with Gasteiger partial charge in [0.25, 0.3) is 0 Å². The van der Waals surface area contributed by atoms with E-state index in [0.29, 0.717) is 11.3 Å². The van der Waals surface area contributed by atoms with Crippen LogP contribution in [0.5, 0.6) is 0 Å². The number of benzene rings is 2. The molecule has 24 heavy (non-hydrogen) atoms. The molecule has 0 radical (unpaired) electrons. The molecular formula is C20H20N2OS. The smallest absolute Gasteiger partial charge is 0.230 e. The quantitative estimate of drug-likeness (QED) is 0.898. The summed E-state index contributed by atoms with van der Waals surface area (Å²) in [5.41, 5.74) is 4.43. The standard InChI is InChI=1S/C20H20N2OS/c21-12-15-8-10-16(11-9-15)13-24-14-20(23)22-19-7-3-5-17-4-1-2-6-18(17)19/h1-2,4,6,8-11,19H,3,5,7,13-14H2,(H,22,23). The lowest BCUT2D eigenvalue weighted by atomic mass is 9.88. The normalized spacial score (nSPS) is 16.0. The van der Waals surface area contributed by atoms with Gasteiger partial charge in [-0.25, -0.2) is 0 Å². The fourth-order valence-electron chi connectivity index (χ4n) is 3.08. The number of hydrogen-bond acceptors (Lipinski definition) is 3. The van der Waals surface area contributed by atoms with Crippen LogP contribution in [0.15, 0.2) is 48.5 Å². The number of rotatable bonds is 5. The molecule has 0 spiro atoms. The lowest BCUT2D eigenvalue weighted by Crippen LogP contribution is -2.32. The van der Waals surface area contributed by atoms with E-state index in [0.717, 1.165) is 30.6 Å². The molecular weight excluding hydrogens is 316 g/mol. The van der Waals surface area contributed by atoms with Crippen molar-refractivity contribution < 1.29 is 4.79 Å². The molecule has 1 unspecified atom stereocenters. The second-order valence-electron chi connectivity index (χ2n) is 6.01. The van der Waals surface area contributed by atoms with Gasteiger partial charge in [0, 0.05) is 5.75 Å². The fourth-order valence-corrected chi connectivity index (χ4v) is 3.88. The van der Waals surface area contributed by atoms with E-state index < -0.39 is 0 Å². The van der Waals surface area contributed by atoms with Crippen LogP contribution >= 0.6 is 11.8 Å². The number of hydrogen-bond donors (Lipinski definition) is 1. The summed E-state index contributed by atoms with van der Waals surface area (Å²) in [4.78, 5) is 12.2. The van der Waals surface area contributed by atoms with Crippen molar-refractivity contribution in [3.8, 4) is 6.07 Å². The van der Waals surface area contributed by atoms with Gasteiger partial charge < -0.3 is 5.32 Å². The summed E-state index contributed by atoms with van der Waals surface area (Å²) in [7, 11) is 0. The zero-order chi connectivity index (χ0) is 16.8. The van der Waals surface area contributed by atoms with E-state index in [2.05, 4.69) is 29.6 Å². The van der Waals surface area contributed by atoms with Crippen LogP contribution in [0.2, 0.25) is 0 Å². The van der Waals surface area contributed by atoms with Gasteiger partial charge in [-0.05, 0) is 48.1 Å². The van der Waals surface area contributed by atoms with Gasteiger partial charge in [0.2, 0.25) is 5.91 Å². The van der Waals surface area contributed by atoms with Gasteiger partial charge in [-0.15, -0.1) is 11.8 Å². The molecule has 1 aliphatic rings. The van der Waals surface area contributed by atoms with Gasteiger partial charge in [0.1, 0.15) is 0 Å². The summed E-state index contributed by atoms with van der Waals surface area (Å²) in [6.07, 6.45) is 3.25. The van der Waals surface area contributed by atoms with Gasteiger partial charge in [-0.3, -0.25) is 4.79 Å². The Kier molecular flexibility index (Phi) is 5.55. The van der Waals surface area contributed by atoms with E-state index in [1.54, 1.807) is 11.8 Å². The lowest BCUT2D eigenvalue weighted by molar-refractivity contribution is -0.119. The average Bonchev–Trinajstić information content (AvgIpc) is 2.63. The summed E-state index contributed by atoms with van der Waals surface area (Å²) < 4.78 is 0. The molecule has 0 fully saturated rings. The summed E-state index contributed by atoms with van der Waals surface area (Å²) in [6.45, 7) is 0. The molecule has 3 nitrogen and oxygen atoms in total.